The summed E-state index contributed by atoms with van der Waals surface area (Å²) in [5.74, 6) is 0. The lowest BCUT2D eigenvalue weighted by molar-refractivity contribution is 1.19. The largest absolute Gasteiger partial charge is 0.311 e. The van der Waals surface area contributed by atoms with Crippen molar-refractivity contribution < 1.29 is 6.85 Å². The van der Waals surface area contributed by atoms with Crippen LogP contribution in [0.1, 0.15) is 6.85 Å². The van der Waals surface area contributed by atoms with E-state index in [-0.39, 0.29) is 29.7 Å². The Morgan fingerprint density at radius 2 is 1.00 bits per heavy atom. The standard InChI is InChI=1S/C52H34N2/c1-5-13-35(14-6-1)38-26-32-49-47(33-38)48-34-39-22-21-37-25-29-44(45-30-31-46(51(39)50(37)45)52(48)54(49)42-19-11-4-12-20-42)36-23-27-43(28-24-36)53(40-15-7-2-8-16-40)41-17-9-3-10-18-41/h1-34H/i1D,5D,6D,13D,14D. The molecule has 0 aliphatic carbocycles. The van der Waals surface area contributed by atoms with Crippen LogP contribution in [0.2, 0.25) is 0 Å². The predicted octanol–water partition coefficient (Wildman–Crippen LogP) is 14.5. The molecule has 0 amide bonds. The van der Waals surface area contributed by atoms with Crippen molar-refractivity contribution in [2.24, 2.45) is 0 Å². The van der Waals surface area contributed by atoms with Gasteiger partial charge in [0.2, 0.25) is 0 Å². The molecule has 11 aromatic rings. The lowest BCUT2D eigenvalue weighted by Crippen LogP contribution is -2.09. The van der Waals surface area contributed by atoms with Gasteiger partial charge in [-0.2, -0.15) is 0 Å². The van der Waals surface area contributed by atoms with Gasteiger partial charge in [0.05, 0.1) is 17.9 Å². The van der Waals surface area contributed by atoms with Crippen LogP contribution in [0.4, 0.5) is 17.1 Å². The van der Waals surface area contributed by atoms with Crippen molar-refractivity contribution in [3.8, 4) is 27.9 Å². The van der Waals surface area contributed by atoms with Gasteiger partial charge < -0.3 is 9.47 Å². The summed E-state index contributed by atoms with van der Waals surface area (Å²) in [6.45, 7) is 0. The van der Waals surface area contributed by atoms with Crippen molar-refractivity contribution in [1.82, 2.24) is 4.57 Å². The molecule has 0 spiro atoms. The van der Waals surface area contributed by atoms with E-state index in [0.29, 0.717) is 5.56 Å². The van der Waals surface area contributed by atoms with Gasteiger partial charge in [-0.3, -0.25) is 0 Å². The van der Waals surface area contributed by atoms with Crippen molar-refractivity contribution in [3.63, 3.8) is 0 Å². The number of benzene rings is 10. The molecule has 0 atom stereocenters. The van der Waals surface area contributed by atoms with Crippen molar-refractivity contribution in [1.29, 1.82) is 0 Å². The normalized spacial score (nSPS) is 13.0. The van der Waals surface area contributed by atoms with E-state index in [0.717, 1.165) is 66.5 Å². The van der Waals surface area contributed by atoms with Crippen molar-refractivity contribution >= 4 is 71.2 Å². The second-order valence-electron chi connectivity index (χ2n) is 13.8. The Balaban J connectivity index is 1.13. The fraction of sp³-hybridized carbons (Fsp3) is 0. The minimum atomic E-state index is -0.396. The van der Waals surface area contributed by atoms with Gasteiger partial charge in [0, 0.05) is 38.9 Å². The number of rotatable bonds is 6. The Hall–Kier alpha value is -7.16. The molecule has 0 aliphatic heterocycles. The minimum absolute atomic E-state index is 0.199. The molecule has 0 saturated carbocycles. The SMILES string of the molecule is [2H]c1c([2H])c([2H])c(-c2ccc3c(c2)c2cc4ccc5ccc(-c6ccc(N(c7ccccc7)c7ccccc7)cc6)c6ccc(c4c56)c2n3-c2ccccc2)c([2H])c1[2H]. The van der Waals surface area contributed by atoms with Crippen LogP contribution in [0.25, 0.3) is 82.1 Å². The zero-order valence-electron chi connectivity index (χ0n) is 34.1. The number of nitrogens with zero attached hydrogens (tertiary/aromatic N) is 2. The Kier molecular flexibility index (Phi) is 5.83. The highest BCUT2D eigenvalue weighted by Crippen LogP contribution is 2.46. The zero-order chi connectivity index (χ0) is 39.9. The third-order valence-electron chi connectivity index (χ3n) is 10.8. The first-order valence-electron chi connectivity index (χ1n) is 20.7. The summed E-state index contributed by atoms with van der Waals surface area (Å²) in [5, 5.41) is 8.96. The van der Waals surface area contributed by atoms with E-state index in [2.05, 4.69) is 137 Å². The van der Waals surface area contributed by atoms with E-state index >= 15 is 0 Å². The predicted molar refractivity (Wildman–Crippen MR) is 230 cm³/mol. The van der Waals surface area contributed by atoms with Crippen LogP contribution in [0, 0.1) is 0 Å². The highest BCUT2D eigenvalue weighted by atomic mass is 15.1. The van der Waals surface area contributed by atoms with E-state index in [9.17, 15) is 0 Å². The number of para-hydroxylation sites is 3. The lowest BCUT2D eigenvalue weighted by atomic mass is 9.88. The van der Waals surface area contributed by atoms with Crippen LogP contribution in [0.3, 0.4) is 0 Å². The Labute approximate surface area is 320 Å². The van der Waals surface area contributed by atoms with Gasteiger partial charge in [-0.15, -0.1) is 0 Å². The second kappa shape index (κ2) is 12.2. The number of hydrogen-bond acceptors (Lipinski definition) is 1. The topological polar surface area (TPSA) is 8.17 Å². The number of hydrogen-bond donors (Lipinski definition) is 0. The van der Waals surface area contributed by atoms with Crippen molar-refractivity contribution in [3.05, 3.63) is 206 Å². The van der Waals surface area contributed by atoms with E-state index in [1.807, 2.05) is 48.5 Å². The van der Waals surface area contributed by atoms with E-state index in [4.69, 9.17) is 6.85 Å². The van der Waals surface area contributed by atoms with Gasteiger partial charge in [-0.05, 0) is 116 Å². The molecular weight excluding hydrogens is 653 g/mol. The molecule has 1 heterocycles. The molecule has 1 aromatic heterocycles. The number of aromatic nitrogens is 1. The molecule has 0 aliphatic rings. The zero-order valence-corrected chi connectivity index (χ0v) is 29.1. The summed E-state index contributed by atoms with van der Waals surface area (Å²) in [7, 11) is 0. The van der Waals surface area contributed by atoms with Gasteiger partial charge in [0.15, 0.2) is 0 Å². The molecule has 0 radical (unpaired) electrons. The first-order chi connectivity index (χ1) is 28.9. The number of anilines is 3. The molecule has 0 bridgehead atoms. The van der Waals surface area contributed by atoms with E-state index < -0.39 is 6.04 Å². The van der Waals surface area contributed by atoms with Crippen molar-refractivity contribution in [2.45, 2.75) is 0 Å². The summed E-state index contributed by atoms with van der Waals surface area (Å²) >= 11 is 0. The minimum Gasteiger partial charge on any atom is -0.311 e. The lowest BCUT2D eigenvalue weighted by Gasteiger charge is -2.25. The summed E-state index contributed by atoms with van der Waals surface area (Å²) < 4.78 is 44.6. The third kappa shape index (κ3) is 4.74. The molecule has 10 aromatic carbocycles. The molecular formula is C52H34N2. The van der Waals surface area contributed by atoms with Crippen LogP contribution < -0.4 is 4.90 Å². The van der Waals surface area contributed by atoms with E-state index in [1.165, 1.54) is 21.5 Å². The maximum Gasteiger partial charge on any atom is 0.0629 e. The van der Waals surface area contributed by atoms with Crippen LogP contribution in [-0.4, -0.2) is 4.57 Å². The molecule has 0 N–H and O–H groups in total. The first kappa shape index (κ1) is 25.7. The van der Waals surface area contributed by atoms with Gasteiger partial charge in [0.25, 0.3) is 0 Å². The average Bonchev–Trinajstić information content (AvgIpc) is 3.61. The summed E-state index contributed by atoms with van der Waals surface area (Å²) in [6, 6.07) is 60.1. The highest BCUT2D eigenvalue weighted by Gasteiger charge is 2.21. The molecule has 0 saturated heterocycles. The molecule has 0 unspecified atom stereocenters. The first-order valence-corrected chi connectivity index (χ1v) is 18.2. The quantitative estimate of drug-likeness (QED) is 0.158. The summed E-state index contributed by atoms with van der Waals surface area (Å²) in [6.07, 6.45) is 0. The molecule has 11 rings (SSSR count). The fourth-order valence-electron chi connectivity index (χ4n) is 8.41. The van der Waals surface area contributed by atoms with Crippen molar-refractivity contribution in [2.75, 3.05) is 4.90 Å². The average molecular weight is 692 g/mol. The second-order valence-corrected chi connectivity index (χ2v) is 13.8. The summed E-state index contributed by atoms with van der Waals surface area (Å²) in [4.78, 5) is 2.28. The van der Waals surface area contributed by atoms with Gasteiger partial charge in [-0.25, -0.2) is 0 Å². The van der Waals surface area contributed by atoms with Crippen LogP contribution >= 0.6 is 0 Å². The third-order valence-corrected chi connectivity index (χ3v) is 10.8. The van der Waals surface area contributed by atoms with Gasteiger partial charge >= 0.3 is 0 Å². The van der Waals surface area contributed by atoms with Gasteiger partial charge in [-0.1, -0.05) is 139 Å². The highest BCUT2D eigenvalue weighted by molar-refractivity contribution is 6.33. The molecule has 252 valence electrons. The molecule has 2 heteroatoms. The maximum atomic E-state index is 8.73. The maximum absolute atomic E-state index is 8.73. The monoisotopic (exact) mass is 691 g/mol. The number of fused-ring (bicyclic) bond motifs is 4. The smallest absolute Gasteiger partial charge is 0.0629 e. The van der Waals surface area contributed by atoms with Crippen LogP contribution in [-0.2, 0) is 0 Å². The molecule has 0 fully saturated rings. The Morgan fingerprint density at radius 3 is 1.72 bits per heavy atom. The fourth-order valence-corrected chi connectivity index (χ4v) is 8.41. The molecule has 54 heavy (non-hydrogen) atoms. The van der Waals surface area contributed by atoms with Crippen LogP contribution in [0.5, 0.6) is 0 Å². The van der Waals surface area contributed by atoms with Gasteiger partial charge in [0.1, 0.15) is 0 Å². The Morgan fingerprint density at radius 1 is 0.407 bits per heavy atom. The Bertz CT molecular complexity index is 3350. The molecule has 2 nitrogen and oxygen atoms in total. The van der Waals surface area contributed by atoms with E-state index in [1.54, 1.807) is 0 Å². The van der Waals surface area contributed by atoms with Crippen LogP contribution in [0.15, 0.2) is 206 Å². The summed E-state index contributed by atoms with van der Waals surface area (Å²) in [5.41, 5.74) is 9.39.